The largest absolute Gasteiger partial charge is 0.481 e. The number of carbonyl (C=O) groups is 2. The van der Waals surface area contributed by atoms with Gasteiger partial charge in [-0.1, -0.05) is 59.6 Å². The van der Waals surface area contributed by atoms with Crippen LogP contribution >= 0.6 is 23.2 Å². The average Bonchev–Trinajstić information content (AvgIpc) is 2.49. The van der Waals surface area contributed by atoms with Gasteiger partial charge >= 0.3 is 5.97 Å². The van der Waals surface area contributed by atoms with Gasteiger partial charge in [0.05, 0.1) is 15.6 Å². The van der Waals surface area contributed by atoms with Crippen LogP contribution in [0.1, 0.15) is 22.3 Å². The molecule has 4 nitrogen and oxygen atoms in total. The van der Waals surface area contributed by atoms with Crippen LogP contribution in [0.2, 0.25) is 10.0 Å². The minimum Gasteiger partial charge on any atom is -0.481 e. The standard InChI is InChI=1S/C9H10O2.C7H5Cl2NO/c10-9(11)7-6-8-4-2-1-3-5-8;8-5-3-1-2-4(6(5)9)7(10)11/h1-5H,6-7H2,(H,10,11);1-3H,(H2,10,11). The Bertz CT molecular complexity index is 645. The molecule has 6 heteroatoms. The van der Waals surface area contributed by atoms with Crippen LogP contribution in [0.4, 0.5) is 0 Å². The van der Waals surface area contributed by atoms with Crippen molar-refractivity contribution in [2.24, 2.45) is 5.73 Å². The van der Waals surface area contributed by atoms with E-state index in [-0.39, 0.29) is 17.0 Å². The van der Waals surface area contributed by atoms with Crippen LogP contribution in [0.25, 0.3) is 0 Å². The van der Waals surface area contributed by atoms with Crippen LogP contribution in [0.15, 0.2) is 48.5 Å². The molecule has 0 saturated heterocycles. The van der Waals surface area contributed by atoms with Crippen LogP contribution in [0.5, 0.6) is 0 Å². The molecule has 0 aliphatic rings. The summed E-state index contributed by atoms with van der Waals surface area (Å²) in [6.45, 7) is 0. The Balaban J connectivity index is 0.000000220. The Kier molecular flexibility index (Phi) is 7.43. The summed E-state index contributed by atoms with van der Waals surface area (Å²) in [6.07, 6.45) is 0.834. The van der Waals surface area contributed by atoms with E-state index < -0.39 is 11.9 Å². The van der Waals surface area contributed by atoms with Crippen LogP contribution in [0.3, 0.4) is 0 Å². The molecule has 1 amide bonds. The van der Waals surface area contributed by atoms with E-state index in [1.54, 1.807) is 12.1 Å². The first-order valence-corrected chi connectivity index (χ1v) is 7.17. The predicted octanol–water partition coefficient (Wildman–Crippen LogP) is 3.80. The maximum atomic E-state index is 10.7. The second-order valence-corrected chi connectivity index (χ2v) is 5.13. The third-order valence-electron chi connectivity index (χ3n) is 2.69. The van der Waals surface area contributed by atoms with Crippen molar-refractivity contribution in [3.8, 4) is 0 Å². The maximum Gasteiger partial charge on any atom is 0.303 e. The summed E-state index contributed by atoms with van der Waals surface area (Å²) in [5.74, 6) is -1.31. The van der Waals surface area contributed by atoms with E-state index in [1.807, 2.05) is 30.3 Å². The number of hydrogen-bond acceptors (Lipinski definition) is 2. The molecule has 2 rings (SSSR count). The van der Waals surface area contributed by atoms with Crippen molar-refractivity contribution in [2.75, 3.05) is 0 Å². The van der Waals surface area contributed by atoms with E-state index >= 15 is 0 Å². The third kappa shape index (κ3) is 6.16. The van der Waals surface area contributed by atoms with E-state index in [0.29, 0.717) is 11.4 Å². The predicted molar refractivity (Wildman–Crippen MR) is 87.4 cm³/mol. The zero-order valence-electron chi connectivity index (χ0n) is 11.6. The molecular formula is C16H15Cl2NO3. The number of nitrogens with two attached hydrogens (primary N) is 1. The molecule has 2 aromatic carbocycles. The van der Waals surface area contributed by atoms with Gasteiger partial charge in [-0.05, 0) is 24.1 Å². The zero-order valence-corrected chi connectivity index (χ0v) is 13.1. The van der Waals surface area contributed by atoms with E-state index in [4.69, 9.17) is 34.0 Å². The molecular weight excluding hydrogens is 325 g/mol. The van der Waals surface area contributed by atoms with Crippen molar-refractivity contribution in [1.29, 1.82) is 0 Å². The Morgan fingerprint density at radius 1 is 1.00 bits per heavy atom. The normalized spacial score (nSPS) is 9.55. The molecule has 0 radical (unpaired) electrons. The van der Waals surface area contributed by atoms with Crippen LogP contribution in [-0.4, -0.2) is 17.0 Å². The lowest BCUT2D eigenvalue weighted by Gasteiger charge is -1.99. The van der Waals surface area contributed by atoms with Crippen molar-refractivity contribution in [3.63, 3.8) is 0 Å². The van der Waals surface area contributed by atoms with Crippen molar-refractivity contribution in [3.05, 3.63) is 69.7 Å². The van der Waals surface area contributed by atoms with Gasteiger partial charge in [-0.3, -0.25) is 9.59 Å². The van der Waals surface area contributed by atoms with Crippen molar-refractivity contribution >= 4 is 35.1 Å². The highest BCUT2D eigenvalue weighted by molar-refractivity contribution is 6.43. The third-order valence-corrected chi connectivity index (χ3v) is 3.51. The fourth-order valence-electron chi connectivity index (χ4n) is 1.59. The molecule has 0 unspecified atom stereocenters. The number of rotatable bonds is 4. The maximum absolute atomic E-state index is 10.7. The lowest BCUT2D eigenvalue weighted by atomic mass is 10.1. The van der Waals surface area contributed by atoms with Crippen molar-refractivity contribution < 1.29 is 14.7 Å². The van der Waals surface area contributed by atoms with Gasteiger partial charge in [0, 0.05) is 6.42 Å². The Labute approximate surface area is 138 Å². The number of hydrogen-bond donors (Lipinski definition) is 2. The van der Waals surface area contributed by atoms with Gasteiger partial charge in [-0.2, -0.15) is 0 Å². The summed E-state index contributed by atoms with van der Waals surface area (Å²) < 4.78 is 0. The van der Waals surface area contributed by atoms with Gasteiger partial charge in [0.25, 0.3) is 0 Å². The first-order chi connectivity index (χ1) is 10.4. The average molecular weight is 340 g/mol. The van der Waals surface area contributed by atoms with Crippen molar-refractivity contribution in [2.45, 2.75) is 12.8 Å². The Hall–Kier alpha value is -2.04. The number of primary amides is 1. The van der Waals surface area contributed by atoms with E-state index in [1.165, 1.54) is 6.07 Å². The molecule has 0 aliphatic carbocycles. The SMILES string of the molecule is NC(=O)c1cccc(Cl)c1Cl.O=C(O)CCc1ccccc1. The molecule has 0 atom stereocenters. The second-order valence-electron chi connectivity index (χ2n) is 4.34. The first kappa shape index (κ1) is 18.0. The van der Waals surface area contributed by atoms with Crippen LogP contribution in [0, 0.1) is 0 Å². The van der Waals surface area contributed by atoms with E-state index in [0.717, 1.165) is 5.56 Å². The number of amides is 1. The molecule has 2 aromatic rings. The summed E-state index contributed by atoms with van der Waals surface area (Å²) in [7, 11) is 0. The van der Waals surface area contributed by atoms with Crippen LogP contribution in [-0.2, 0) is 11.2 Å². The number of carboxylic acids is 1. The van der Waals surface area contributed by atoms with Crippen LogP contribution < -0.4 is 5.73 Å². The number of aliphatic carboxylic acids is 1. The number of aryl methyl sites for hydroxylation is 1. The van der Waals surface area contributed by atoms with Gasteiger partial charge in [-0.15, -0.1) is 0 Å². The first-order valence-electron chi connectivity index (χ1n) is 6.41. The number of carboxylic acid groups (broad SMARTS) is 1. The highest BCUT2D eigenvalue weighted by Gasteiger charge is 2.07. The molecule has 0 aromatic heterocycles. The monoisotopic (exact) mass is 339 g/mol. The van der Waals surface area contributed by atoms with E-state index in [9.17, 15) is 9.59 Å². The molecule has 0 heterocycles. The highest BCUT2D eigenvalue weighted by atomic mass is 35.5. The van der Waals surface area contributed by atoms with Gasteiger partial charge in [-0.25, -0.2) is 0 Å². The van der Waals surface area contributed by atoms with Gasteiger partial charge < -0.3 is 10.8 Å². The molecule has 0 bridgehead atoms. The summed E-state index contributed by atoms with van der Waals surface area (Å²) in [5.41, 5.74) is 6.33. The summed E-state index contributed by atoms with van der Waals surface area (Å²) in [6, 6.07) is 14.4. The van der Waals surface area contributed by atoms with Gasteiger partial charge in [0.15, 0.2) is 0 Å². The fourth-order valence-corrected chi connectivity index (χ4v) is 1.98. The summed E-state index contributed by atoms with van der Waals surface area (Å²) >= 11 is 11.3. The molecule has 22 heavy (non-hydrogen) atoms. The second kappa shape index (κ2) is 9.07. The minimum atomic E-state index is -0.742. The summed E-state index contributed by atoms with van der Waals surface area (Å²) in [5, 5.41) is 8.92. The van der Waals surface area contributed by atoms with E-state index in [2.05, 4.69) is 0 Å². The molecule has 0 aliphatic heterocycles. The smallest absolute Gasteiger partial charge is 0.303 e. The highest BCUT2D eigenvalue weighted by Crippen LogP contribution is 2.24. The van der Waals surface area contributed by atoms with Crippen molar-refractivity contribution in [1.82, 2.24) is 0 Å². The minimum absolute atomic E-state index is 0.210. The van der Waals surface area contributed by atoms with Gasteiger partial charge in [0.2, 0.25) is 5.91 Å². The fraction of sp³-hybridized carbons (Fsp3) is 0.125. The lowest BCUT2D eigenvalue weighted by molar-refractivity contribution is -0.136. The Morgan fingerprint density at radius 3 is 2.14 bits per heavy atom. The summed E-state index contributed by atoms with van der Waals surface area (Å²) in [4.78, 5) is 20.8. The number of halogens is 2. The number of benzene rings is 2. The molecule has 116 valence electrons. The molecule has 0 saturated carbocycles. The molecule has 0 spiro atoms. The lowest BCUT2D eigenvalue weighted by Crippen LogP contribution is -2.11. The number of carbonyl (C=O) groups excluding carboxylic acids is 1. The molecule has 3 N–H and O–H groups in total. The van der Waals surface area contributed by atoms with Gasteiger partial charge in [0.1, 0.15) is 0 Å². The zero-order chi connectivity index (χ0) is 16.5. The topological polar surface area (TPSA) is 80.4 Å². The molecule has 0 fully saturated rings. The Morgan fingerprint density at radius 2 is 1.64 bits per heavy atom. The quantitative estimate of drug-likeness (QED) is 0.888.